The Labute approximate surface area is 123 Å². The van der Waals surface area contributed by atoms with Crippen LogP contribution in [0.2, 0.25) is 0 Å². The first-order valence-electron chi connectivity index (χ1n) is 6.49. The molecule has 2 aromatic rings. The highest BCUT2D eigenvalue weighted by Crippen LogP contribution is 2.33. The van der Waals surface area contributed by atoms with Crippen molar-refractivity contribution in [2.45, 2.75) is 10.9 Å². The van der Waals surface area contributed by atoms with Crippen LogP contribution in [0, 0.1) is 0 Å². The van der Waals surface area contributed by atoms with Gasteiger partial charge in [-0.2, -0.15) is 4.72 Å². The average Bonchev–Trinajstić information content (AvgIpc) is 2.90. The molecule has 0 radical (unpaired) electrons. The number of rotatable bonds is 4. The first kappa shape index (κ1) is 13.9. The molecule has 21 heavy (non-hydrogen) atoms. The van der Waals surface area contributed by atoms with Crippen LogP contribution in [0.15, 0.2) is 53.4 Å². The van der Waals surface area contributed by atoms with E-state index in [9.17, 15) is 8.42 Å². The SMILES string of the molecule is COc1ccccc1S(=O)(=O)NC1COc2ccccc21. The smallest absolute Gasteiger partial charge is 0.244 e. The molecule has 0 aliphatic carbocycles. The van der Waals surface area contributed by atoms with Crippen molar-refractivity contribution in [2.75, 3.05) is 13.7 Å². The molecule has 5 nitrogen and oxygen atoms in total. The third-order valence-electron chi connectivity index (χ3n) is 3.36. The second-order valence-electron chi connectivity index (χ2n) is 4.67. The lowest BCUT2D eigenvalue weighted by Gasteiger charge is -2.14. The molecule has 0 spiro atoms. The van der Waals surface area contributed by atoms with Crippen LogP contribution < -0.4 is 14.2 Å². The van der Waals surface area contributed by atoms with E-state index in [1.807, 2.05) is 24.3 Å². The maximum atomic E-state index is 12.5. The van der Waals surface area contributed by atoms with E-state index in [4.69, 9.17) is 9.47 Å². The molecule has 0 amide bonds. The number of nitrogens with one attached hydrogen (secondary N) is 1. The van der Waals surface area contributed by atoms with Gasteiger partial charge in [-0.05, 0) is 18.2 Å². The van der Waals surface area contributed by atoms with Crippen molar-refractivity contribution in [3.05, 3.63) is 54.1 Å². The molecule has 1 N–H and O–H groups in total. The fraction of sp³-hybridized carbons (Fsp3) is 0.200. The van der Waals surface area contributed by atoms with Crippen LogP contribution in [0.1, 0.15) is 11.6 Å². The summed E-state index contributed by atoms with van der Waals surface area (Å²) in [4.78, 5) is 0.122. The Hall–Kier alpha value is -2.05. The van der Waals surface area contributed by atoms with Gasteiger partial charge in [0.2, 0.25) is 10.0 Å². The van der Waals surface area contributed by atoms with Gasteiger partial charge in [0.1, 0.15) is 23.0 Å². The summed E-state index contributed by atoms with van der Waals surface area (Å²) >= 11 is 0. The number of methoxy groups -OCH3 is 1. The lowest BCUT2D eigenvalue weighted by atomic mass is 10.1. The molecule has 1 aliphatic rings. The molecule has 2 aromatic carbocycles. The van der Waals surface area contributed by atoms with Gasteiger partial charge in [0.05, 0.1) is 13.2 Å². The maximum Gasteiger partial charge on any atom is 0.244 e. The first-order chi connectivity index (χ1) is 10.1. The summed E-state index contributed by atoms with van der Waals surface area (Å²) in [5.74, 6) is 1.03. The lowest BCUT2D eigenvalue weighted by molar-refractivity contribution is 0.325. The molecular formula is C15H15NO4S. The Bertz CT molecular complexity index is 758. The zero-order chi connectivity index (χ0) is 14.9. The van der Waals surface area contributed by atoms with Crippen molar-refractivity contribution in [1.29, 1.82) is 0 Å². The minimum absolute atomic E-state index is 0.122. The van der Waals surface area contributed by atoms with E-state index >= 15 is 0 Å². The van der Waals surface area contributed by atoms with Crippen molar-refractivity contribution in [2.24, 2.45) is 0 Å². The van der Waals surface area contributed by atoms with E-state index in [0.29, 0.717) is 11.5 Å². The van der Waals surface area contributed by atoms with Crippen molar-refractivity contribution in [3.63, 3.8) is 0 Å². The second-order valence-corrected chi connectivity index (χ2v) is 6.36. The Kier molecular flexibility index (Phi) is 3.57. The van der Waals surface area contributed by atoms with E-state index in [1.165, 1.54) is 13.2 Å². The Morgan fingerprint density at radius 3 is 2.67 bits per heavy atom. The van der Waals surface area contributed by atoms with Gasteiger partial charge in [-0.25, -0.2) is 8.42 Å². The summed E-state index contributed by atoms with van der Waals surface area (Å²) in [7, 11) is -2.24. The van der Waals surface area contributed by atoms with Crippen LogP contribution in [-0.4, -0.2) is 22.1 Å². The number of fused-ring (bicyclic) bond motifs is 1. The molecule has 0 saturated carbocycles. The molecule has 110 valence electrons. The van der Waals surface area contributed by atoms with Gasteiger partial charge in [0.15, 0.2) is 0 Å². The summed E-state index contributed by atoms with van der Waals surface area (Å²) in [5, 5.41) is 0. The lowest BCUT2D eigenvalue weighted by Crippen LogP contribution is -2.29. The third kappa shape index (κ3) is 2.59. The zero-order valence-corrected chi connectivity index (χ0v) is 12.3. The second kappa shape index (κ2) is 5.38. The normalized spacial score (nSPS) is 17.1. The predicted octanol–water partition coefficient (Wildman–Crippen LogP) is 2.11. The molecule has 1 unspecified atom stereocenters. The highest BCUT2D eigenvalue weighted by atomic mass is 32.2. The molecule has 0 fully saturated rings. The first-order valence-corrected chi connectivity index (χ1v) is 7.97. The predicted molar refractivity (Wildman–Crippen MR) is 78.0 cm³/mol. The standard InChI is InChI=1S/C15H15NO4S/c1-19-14-8-4-5-9-15(14)21(17,18)16-12-10-20-13-7-3-2-6-11(12)13/h2-9,12,16H,10H2,1H3. The quantitative estimate of drug-likeness (QED) is 0.939. The molecule has 3 rings (SSSR count). The fourth-order valence-electron chi connectivity index (χ4n) is 2.35. The Morgan fingerprint density at radius 1 is 1.14 bits per heavy atom. The van der Waals surface area contributed by atoms with Crippen LogP contribution in [0.3, 0.4) is 0 Å². The van der Waals surface area contributed by atoms with Crippen LogP contribution in [0.5, 0.6) is 11.5 Å². The number of hydrogen-bond donors (Lipinski definition) is 1. The van der Waals surface area contributed by atoms with Gasteiger partial charge >= 0.3 is 0 Å². The van der Waals surface area contributed by atoms with Crippen molar-refractivity contribution in [3.8, 4) is 11.5 Å². The molecule has 0 saturated heterocycles. The molecule has 1 atom stereocenters. The molecule has 0 bridgehead atoms. The number of benzene rings is 2. The Morgan fingerprint density at radius 2 is 1.86 bits per heavy atom. The molecule has 0 aromatic heterocycles. The summed E-state index contributed by atoms with van der Waals surface area (Å²) in [6.45, 7) is 0.285. The molecule has 1 heterocycles. The highest BCUT2D eigenvalue weighted by molar-refractivity contribution is 7.89. The monoisotopic (exact) mass is 305 g/mol. The minimum atomic E-state index is -3.68. The van der Waals surface area contributed by atoms with Crippen molar-refractivity contribution < 1.29 is 17.9 Å². The van der Waals surface area contributed by atoms with Gasteiger partial charge < -0.3 is 9.47 Å². The van der Waals surface area contributed by atoms with Gasteiger partial charge in [-0.15, -0.1) is 0 Å². The summed E-state index contributed by atoms with van der Waals surface area (Å²) < 4.78 is 38.3. The van der Waals surface area contributed by atoms with Crippen LogP contribution in [0.25, 0.3) is 0 Å². The summed E-state index contributed by atoms with van der Waals surface area (Å²) in [6.07, 6.45) is 0. The van der Waals surface area contributed by atoms with E-state index < -0.39 is 16.1 Å². The number of hydrogen-bond acceptors (Lipinski definition) is 4. The van der Waals surface area contributed by atoms with Gasteiger partial charge in [0.25, 0.3) is 0 Å². The topological polar surface area (TPSA) is 64.6 Å². The van der Waals surface area contributed by atoms with Gasteiger partial charge in [-0.3, -0.25) is 0 Å². The van der Waals surface area contributed by atoms with Crippen LogP contribution in [-0.2, 0) is 10.0 Å². The van der Waals surface area contributed by atoms with Gasteiger partial charge in [0, 0.05) is 5.56 Å². The largest absolute Gasteiger partial charge is 0.495 e. The van der Waals surface area contributed by atoms with Gasteiger partial charge in [-0.1, -0.05) is 30.3 Å². The van der Waals surface area contributed by atoms with Crippen LogP contribution >= 0.6 is 0 Å². The third-order valence-corrected chi connectivity index (χ3v) is 4.87. The van der Waals surface area contributed by atoms with Crippen molar-refractivity contribution in [1.82, 2.24) is 4.72 Å². The molecule has 1 aliphatic heterocycles. The number of sulfonamides is 1. The number of ether oxygens (including phenoxy) is 2. The van der Waals surface area contributed by atoms with E-state index in [0.717, 1.165) is 5.56 Å². The van der Waals surface area contributed by atoms with Crippen molar-refractivity contribution >= 4 is 10.0 Å². The molecule has 6 heteroatoms. The van der Waals surface area contributed by atoms with E-state index in [2.05, 4.69) is 4.72 Å². The molecular weight excluding hydrogens is 290 g/mol. The van der Waals surface area contributed by atoms with Crippen LogP contribution in [0.4, 0.5) is 0 Å². The minimum Gasteiger partial charge on any atom is -0.495 e. The maximum absolute atomic E-state index is 12.5. The summed E-state index contributed by atoms with van der Waals surface area (Å²) in [5.41, 5.74) is 0.843. The Balaban J connectivity index is 1.91. The summed E-state index contributed by atoms with van der Waals surface area (Å²) in [6, 6.07) is 13.5. The van der Waals surface area contributed by atoms with E-state index in [-0.39, 0.29) is 11.5 Å². The average molecular weight is 305 g/mol. The zero-order valence-electron chi connectivity index (χ0n) is 11.4. The fourth-order valence-corrected chi connectivity index (χ4v) is 3.72. The van der Waals surface area contributed by atoms with E-state index in [1.54, 1.807) is 18.2 Å². The number of para-hydroxylation sites is 2. The highest BCUT2D eigenvalue weighted by Gasteiger charge is 2.29.